The van der Waals surface area contributed by atoms with Gasteiger partial charge in [-0.2, -0.15) is 0 Å². The van der Waals surface area contributed by atoms with Crippen molar-refractivity contribution in [2.75, 3.05) is 0 Å². The molecule has 1 heterocycles. The van der Waals surface area contributed by atoms with E-state index in [1.807, 2.05) is 79.3 Å². The smallest absolute Gasteiger partial charge is 0.324 e. The Balaban J connectivity index is 0.000000223. The maximum absolute atomic E-state index is 12.7. The summed E-state index contributed by atoms with van der Waals surface area (Å²) in [5.41, 5.74) is -0.0108. The third-order valence-electron chi connectivity index (χ3n) is 5.32. The van der Waals surface area contributed by atoms with Crippen molar-refractivity contribution < 1.29 is 19.9 Å². The van der Waals surface area contributed by atoms with E-state index < -0.39 is 37.6 Å². The standard InChI is InChI=1S/C18H17N3O.C6H3N3O7/c1-14-17(19-13-15-9-5-3-6-10-15)18(22)21(20(14)2)16-11-7-4-8-12-16;10-6-4(8(13)14)1-3(7(11)12)2-5(6)9(15)16/h3-13H,1-2H3;1-2,10H. The Bertz CT molecular complexity index is 1560. The van der Waals surface area contributed by atoms with Crippen LogP contribution in [0.2, 0.25) is 0 Å². The van der Waals surface area contributed by atoms with Crippen molar-refractivity contribution in [1.82, 2.24) is 9.36 Å². The molecule has 4 rings (SSSR count). The average Bonchev–Trinajstić information content (AvgIpc) is 3.11. The minimum Gasteiger partial charge on any atom is -0.497 e. The van der Waals surface area contributed by atoms with Gasteiger partial charge in [-0.05, 0) is 24.6 Å². The molecule has 1 N–H and O–H groups in total. The van der Waals surface area contributed by atoms with E-state index in [-0.39, 0.29) is 5.56 Å². The highest BCUT2D eigenvalue weighted by Gasteiger charge is 2.30. The Hall–Kier alpha value is -5.66. The van der Waals surface area contributed by atoms with E-state index in [2.05, 4.69) is 4.99 Å². The van der Waals surface area contributed by atoms with Crippen molar-refractivity contribution in [2.45, 2.75) is 6.92 Å². The molecule has 0 spiro atoms. The van der Waals surface area contributed by atoms with E-state index in [0.29, 0.717) is 17.8 Å². The van der Waals surface area contributed by atoms with Gasteiger partial charge < -0.3 is 5.11 Å². The number of nitro benzene ring substituents is 3. The number of rotatable bonds is 6. The lowest BCUT2D eigenvalue weighted by molar-refractivity contribution is -0.404. The fourth-order valence-corrected chi connectivity index (χ4v) is 3.35. The fourth-order valence-electron chi connectivity index (χ4n) is 3.35. The lowest BCUT2D eigenvalue weighted by Crippen LogP contribution is -2.19. The molecule has 0 aliphatic rings. The maximum Gasteiger partial charge on any atom is 0.324 e. The summed E-state index contributed by atoms with van der Waals surface area (Å²) in [5, 5.41) is 40.2. The number of non-ortho nitro benzene ring substituents is 1. The molecule has 0 bridgehead atoms. The Morgan fingerprint density at radius 2 is 1.34 bits per heavy atom. The molecular formula is C24H20N6O8. The first-order valence-electron chi connectivity index (χ1n) is 10.8. The molecule has 0 saturated heterocycles. The van der Waals surface area contributed by atoms with Crippen LogP contribution in [-0.2, 0) is 7.05 Å². The maximum atomic E-state index is 12.7. The first-order valence-corrected chi connectivity index (χ1v) is 10.8. The topological polar surface area (TPSA) is 189 Å². The summed E-state index contributed by atoms with van der Waals surface area (Å²) in [6.07, 6.45) is 1.72. The Morgan fingerprint density at radius 1 is 0.842 bits per heavy atom. The van der Waals surface area contributed by atoms with Crippen LogP contribution >= 0.6 is 0 Å². The van der Waals surface area contributed by atoms with Crippen molar-refractivity contribution in [3.63, 3.8) is 0 Å². The second-order valence-corrected chi connectivity index (χ2v) is 7.68. The quantitative estimate of drug-likeness (QED) is 0.220. The average molecular weight is 520 g/mol. The van der Waals surface area contributed by atoms with Gasteiger partial charge in [-0.15, -0.1) is 0 Å². The zero-order chi connectivity index (χ0) is 28.0. The first kappa shape index (κ1) is 26.9. The zero-order valence-corrected chi connectivity index (χ0v) is 20.0. The minimum absolute atomic E-state index is 0.113. The third-order valence-corrected chi connectivity index (χ3v) is 5.32. The number of hydrogen-bond donors (Lipinski definition) is 1. The highest BCUT2D eigenvalue weighted by molar-refractivity contribution is 5.82. The Labute approximate surface area is 213 Å². The number of phenolic OH excluding ortho intramolecular Hbond substituents is 1. The van der Waals surface area contributed by atoms with E-state index >= 15 is 0 Å². The molecule has 0 amide bonds. The first-order chi connectivity index (χ1) is 18.0. The van der Waals surface area contributed by atoms with Crippen molar-refractivity contribution in [3.8, 4) is 11.4 Å². The molecule has 0 unspecified atom stereocenters. The van der Waals surface area contributed by atoms with E-state index in [1.54, 1.807) is 10.9 Å². The molecule has 194 valence electrons. The van der Waals surface area contributed by atoms with Gasteiger partial charge in [0.1, 0.15) is 0 Å². The summed E-state index contributed by atoms with van der Waals surface area (Å²) in [4.78, 5) is 44.8. The van der Waals surface area contributed by atoms with Crippen LogP contribution < -0.4 is 5.56 Å². The molecule has 14 nitrogen and oxygen atoms in total. The number of phenols is 1. The molecule has 0 saturated carbocycles. The van der Waals surface area contributed by atoms with Gasteiger partial charge in [-0.25, -0.2) is 9.67 Å². The van der Waals surface area contributed by atoms with Crippen LogP contribution in [0, 0.1) is 37.3 Å². The molecule has 4 aromatic rings. The molecular weight excluding hydrogens is 500 g/mol. The molecule has 0 atom stereocenters. The Kier molecular flexibility index (Phi) is 8.07. The minimum atomic E-state index is -1.21. The summed E-state index contributed by atoms with van der Waals surface area (Å²) in [7, 11) is 1.87. The van der Waals surface area contributed by atoms with Gasteiger partial charge in [0.15, 0.2) is 5.69 Å². The monoisotopic (exact) mass is 520 g/mol. The van der Waals surface area contributed by atoms with Crippen LogP contribution in [0.1, 0.15) is 11.3 Å². The summed E-state index contributed by atoms with van der Waals surface area (Å²) >= 11 is 0. The summed E-state index contributed by atoms with van der Waals surface area (Å²) < 4.78 is 3.46. The van der Waals surface area contributed by atoms with Gasteiger partial charge in [0.2, 0.25) is 0 Å². The predicted molar refractivity (Wildman–Crippen MR) is 138 cm³/mol. The van der Waals surface area contributed by atoms with Gasteiger partial charge in [0.05, 0.1) is 38.3 Å². The number of benzene rings is 3. The molecule has 38 heavy (non-hydrogen) atoms. The van der Waals surface area contributed by atoms with Crippen LogP contribution in [0.4, 0.5) is 22.7 Å². The Morgan fingerprint density at radius 3 is 1.82 bits per heavy atom. The number of aromatic hydroxyl groups is 1. The van der Waals surface area contributed by atoms with Gasteiger partial charge in [-0.3, -0.25) is 39.8 Å². The number of aromatic nitrogens is 2. The highest BCUT2D eigenvalue weighted by Crippen LogP contribution is 2.38. The molecule has 0 radical (unpaired) electrons. The number of para-hydroxylation sites is 1. The normalized spacial score (nSPS) is 10.6. The lowest BCUT2D eigenvalue weighted by Gasteiger charge is -2.07. The summed E-state index contributed by atoms with van der Waals surface area (Å²) in [5.74, 6) is -1.21. The highest BCUT2D eigenvalue weighted by atomic mass is 16.6. The van der Waals surface area contributed by atoms with Crippen LogP contribution in [0.15, 0.2) is 82.6 Å². The number of aliphatic imine (C=N–C) groups is 1. The molecule has 1 aromatic heterocycles. The van der Waals surface area contributed by atoms with Crippen molar-refractivity contribution in [3.05, 3.63) is 125 Å². The lowest BCUT2D eigenvalue weighted by atomic mass is 10.2. The van der Waals surface area contributed by atoms with E-state index in [4.69, 9.17) is 5.11 Å². The van der Waals surface area contributed by atoms with Crippen molar-refractivity contribution in [2.24, 2.45) is 12.0 Å². The molecule has 0 aliphatic heterocycles. The molecule has 14 heteroatoms. The van der Waals surface area contributed by atoms with Gasteiger partial charge in [0, 0.05) is 13.3 Å². The molecule has 0 fully saturated rings. The van der Waals surface area contributed by atoms with Gasteiger partial charge in [-0.1, -0.05) is 48.5 Å². The molecule has 3 aromatic carbocycles. The van der Waals surface area contributed by atoms with Crippen LogP contribution in [0.25, 0.3) is 5.69 Å². The van der Waals surface area contributed by atoms with Gasteiger partial charge in [0.25, 0.3) is 17.0 Å². The van der Waals surface area contributed by atoms with Gasteiger partial charge >= 0.3 is 11.4 Å². The number of hydrogen-bond acceptors (Lipinski definition) is 9. The largest absolute Gasteiger partial charge is 0.497 e. The van der Waals surface area contributed by atoms with E-state index in [0.717, 1.165) is 16.9 Å². The van der Waals surface area contributed by atoms with Crippen molar-refractivity contribution in [1.29, 1.82) is 0 Å². The number of nitro groups is 3. The third kappa shape index (κ3) is 5.76. The predicted octanol–water partition coefficient (Wildman–Crippen LogP) is 4.35. The fraction of sp³-hybridized carbons (Fsp3) is 0.0833. The van der Waals surface area contributed by atoms with Crippen LogP contribution in [0.5, 0.6) is 5.75 Å². The van der Waals surface area contributed by atoms with Crippen molar-refractivity contribution >= 4 is 29.0 Å². The second-order valence-electron chi connectivity index (χ2n) is 7.68. The van der Waals surface area contributed by atoms with Crippen LogP contribution in [0.3, 0.4) is 0 Å². The molecule has 0 aliphatic carbocycles. The number of nitrogens with zero attached hydrogens (tertiary/aromatic N) is 6. The summed E-state index contributed by atoms with van der Waals surface area (Å²) in [6.45, 7) is 1.90. The zero-order valence-electron chi connectivity index (χ0n) is 20.0. The van der Waals surface area contributed by atoms with Crippen LogP contribution in [-0.4, -0.2) is 35.5 Å². The second kappa shape index (κ2) is 11.4. The van der Waals surface area contributed by atoms with E-state index in [9.17, 15) is 35.1 Å². The van der Waals surface area contributed by atoms with E-state index in [1.165, 1.54) is 0 Å². The SMILES string of the molecule is Cc1c(N=Cc2ccccc2)c(=O)n(-c2ccccc2)n1C.O=[N+]([O-])c1cc([N+](=O)[O-])c(O)c([N+](=O)[O-])c1. The summed E-state index contributed by atoms with van der Waals surface area (Å²) in [6, 6.07) is 20.2.